The normalized spacial score (nSPS) is 14.6. The van der Waals surface area contributed by atoms with Gasteiger partial charge in [-0.15, -0.1) is 0 Å². The Morgan fingerprint density at radius 1 is 1.19 bits per heavy atom. The van der Waals surface area contributed by atoms with Gasteiger partial charge in [0.2, 0.25) is 5.82 Å². The van der Waals surface area contributed by atoms with Gasteiger partial charge in [-0.25, -0.2) is 9.55 Å². The van der Waals surface area contributed by atoms with E-state index in [1.807, 2.05) is 6.92 Å². The number of nitrogens with zero attached hydrogens (tertiary/aromatic N) is 3. The molecule has 1 aliphatic carbocycles. The molecule has 4 rings (SSSR count). The van der Waals surface area contributed by atoms with E-state index < -0.39 is 15.0 Å². The number of rotatable bonds is 5. The first-order valence-electron chi connectivity index (χ1n) is 9.21. The minimum Gasteiger partial charge on any atom is -0.379 e. The van der Waals surface area contributed by atoms with Crippen molar-refractivity contribution in [3.63, 3.8) is 0 Å². The Morgan fingerprint density at radius 3 is 2.55 bits per heavy atom. The first-order chi connectivity index (χ1) is 14.7. The molecule has 1 heterocycles. The van der Waals surface area contributed by atoms with Crippen LogP contribution in [-0.4, -0.2) is 28.7 Å². The summed E-state index contributed by atoms with van der Waals surface area (Å²) in [6.45, 7) is 1.85. The Labute approximate surface area is 177 Å². The fraction of sp³-hybridized carbons (Fsp3) is 0.143. The maximum atomic E-state index is 12.7. The minimum atomic E-state index is -4.01. The van der Waals surface area contributed by atoms with Gasteiger partial charge in [0.1, 0.15) is 16.8 Å². The van der Waals surface area contributed by atoms with Gasteiger partial charge in [0.05, 0.1) is 7.05 Å². The molecular formula is C21H17N3O6S. The fourth-order valence-corrected chi connectivity index (χ4v) is 4.24. The summed E-state index contributed by atoms with van der Waals surface area (Å²) in [6, 6.07) is 10.7. The van der Waals surface area contributed by atoms with E-state index >= 15 is 0 Å². The van der Waals surface area contributed by atoms with Crippen LogP contribution in [0.1, 0.15) is 27.3 Å². The molecule has 0 amide bonds. The van der Waals surface area contributed by atoms with Gasteiger partial charge in [-0.3, -0.25) is 4.79 Å². The highest BCUT2D eigenvalue weighted by Gasteiger charge is 2.28. The van der Waals surface area contributed by atoms with Gasteiger partial charge in [0, 0.05) is 23.6 Å². The lowest BCUT2D eigenvalue weighted by molar-refractivity contribution is -0.391. The van der Waals surface area contributed by atoms with Crippen LogP contribution in [0.3, 0.4) is 0 Å². The van der Waals surface area contributed by atoms with Crippen LogP contribution in [-0.2, 0) is 23.6 Å². The summed E-state index contributed by atoms with van der Waals surface area (Å²) in [4.78, 5) is 27.2. The molecule has 0 saturated carbocycles. The molecule has 9 nitrogen and oxygen atoms in total. The highest BCUT2D eigenvalue weighted by Crippen LogP contribution is 2.32. The average Bonchev–Trinajstić information content (AvgIpc) is 3.22. The average molecular weight is 439 g/mol. The zero-order valence-corrected chi connectivity index (χ0v) is 17.4. The van der Waals surface area contributed by atoms with Crippen LogP contribution in [0.15, 0.2) is 59.1 Å². The van der Waals surface area contributed by atoms with Crippen molar-refractivity contribution in [3.05, 3.63) is 86.9 Å². The van der Waals surface area contributed by atoms with Crippen LogP contribution in [0.2, 0.25) is 0 Å². The molecule has 3 aromatic rings. The number of aryl methyl sites for hydroxylation is 1. The van der Waals surface area contributed by atoms with Crippen LogP contribution >= 0.6 is 0 Å². The Morgan fingerprint density at radius 2 is 1.90 bits per heavy atom. The molecule has 0 N–H and O–H groups in total. The van der Waals surface area contributed by atoms with E-state index in [0.29, 0.717) is 16.7 Å². The number of aromatic nitrogens is 2. The molecule has 0 saturated heterocycles. The van der Waals surface area contributed by atoms with Gasteiger partial charge in [-0.05, 0) is 47.7 Å². The van der Waals surface area contributed by atoms with Gasteiger partial charge in [0.25, 0.3) is 0 Å². The number of hydrogen-bond donors (Lipinski definition) is 0. The number of carbonyl (C=O) groups excluding carboxylic acids is 1. The number of benzene rings is 2. The van der Waals surface area contributed by atoms with Gasteiger partial charge in [0.15, 0.2) is 5.78 Å². The Bertz CT molecular complexity index is 1350. The number of Topliss-reactive ketones (excluding diaryl/α,β-unsaturated/α-hetero) is 1. The van der Waals surface area contributed by atoms with Crippen molar-refractivity contribution in [2.45, 2.75) is 18.2 Å². The van der Waals surface area contributed by atoms with E-state index in [9.17, 15) is 23.3 Å². The van der Waals surface area contributed by atoms with E-state index in [2.05, 4.69) is 4.98 Å². The van der Waals surface area contributed by atoms with E-state index in [1.54, 1.807) is 12.1 Å². The van der Waals surface area contributed by atoms with Gasteiger partial charge >= 0.3 is 15.9 Å². The zero-order valence-electron chi connectivity index (χ0n) is 16.6. The number of hydrogen-bond acceptors (Lipinski definition) is 7. The summed E-state index contributed by atoms with van der Waals surface area (Å²) in [5.74, 6) is -0.0531. The topological polar surface area (TPSA) is 121 Å². The van der Waals surface area contributed by atoms with Gasteiger partial charge in [-0.1, -0.05) is 17.7 Å². The Balaban J connectivity index is 1.60. The van der Waals surface area contributed by atoms with Crippen molar-refractivity contribution in [1.29, 1.82) is 0 Å². The summed E-state index contributed by atoms with van der Waals surface area (Å²) >= 11 is 0. The molecule has 0 spiro atoms. The lowest BCUT2D eigenvalue weighted by Gasteiger charge is -2.08. The van der Waals surface area contributed by atoms with Crippen molar-refractivity contribution in [3.8, 4) is 5.75 Å². The first-order valence-corrected chi connectivity index (χ1v) is 10.6. The Hall–Kier alpha value is -3.79. The molecule has 0 aliphatic heterocycles. The molecule has 1 aliphatic rings. The fourth-order valence-electron chi connectivity index (χ4n) is 3.32. The molecule has 0 unspecified atom stereocenters. The number of allylic oxidation sites excluding steroid dienone is 1. The second-order valence-electron chi connectivity index (χ2n) is 7.14. The summed E-state index contributed by atoms with van der Waals surface area (Å²) in [6.07, 6.45) is 2.86. The second kappa shape index (κ2) is 7.47. The lowest BCUT2D eigenvalue weighted by atomic mass is 10.1. The lowest BCUT2D eigenvalue weighted by Crippen LogP contribution is -2.10. The maximum Gasteiger partial charge on any atom is 0.342 e. The molecule has 2 aromatic carbocycles. The van der Waals surface area contributed by atoms with Crippen LogP contribution in [0, 0.1) is 17.0 Å². The molecule has 0 atom stereocenters. The highest BCUT2D eigenvalue weighted by molar-refractivity contribution is 7.87. The Kier molecular flexibility index (Phi) is 4.94. The van der Waals surface area contributed by atoms with Crippen molar-refractivity contribution in [2.24, 2.45) is 7.05 Å². The largest absolute Gasteiger partial charge is 0.379 e. The molecule has 158 valence electrons. The number of ketones is 1. The van der Waals surface area contributed by atoms with E-state index in [0.717, 1.165) is 11.8 Å². The van der Waals surface area contributed by atoms with Crippen molar-refractivity contribution < 1.29 is 22.3 Å². The third-order valence-electron chi connectivity index (χ3n) is 5.00. The molecule has 1 aromatic heterocycles. The van der Waals surface area contributed by atoms with Crippen molar-refractivity contribution >= 4 is 27.8 Å². The quantitative estimate of drug-likeness (QED) is 0.259. The number of imidazole rings is 1. The summed E-state index contributed by atoms with van der Waals surface area (Å²) in [5, 5.41) is 11.0. The van der Waals surface area contributed by atoms with E-state index in [-0.39, 0.29) is 34.5 Å². The van der Waals surface area contributed by atoms with Crippen LogP contribution in [0.5, 0.6) is 5.75 Å². The second-order valence-corrected chi connectivity index (χ2v) is 8.68. The summed E-state index contributed by atoms with van der Waals surface area (Å²) < 4.78 is 31.5. The predicted molar refractivity (Wildman–Crippen MR) is 111 cm³/mol. The van der Waals surface area contributed by atoms with Gasteiger partial charge in [-0.2, -0.15) is 8.42 Å². The molecule has 10 heteroatoms. The third-order valence-corrected chi connectivity index (χ3v) is 6.26. The highest BCUT2D eigenvalue weighted by atomic mass is 32.2. The zero-order chi connectivity index (χ0) is 22.3. The maximum absolute atomic E-state index is 12.7. The molecular weight excluding hydrogens is 422 g/mol. The molecule has 0 fully saturated rings. The van der Waals surface area contributed by atoms with Crippen LogP contribution < -0.4 is 4.18 Å². The number of fused-ring (bicyclic) bond motifs is 1. The monoisotopic (exact) mass is 439 g/mol. The van der Waals surface area contributed by atoms with Crippen molar-refractivity contribution in [2.75, 3.05) is 0 Å². The number of nitro groups is 1. The van der Waals surface area contributed by atoms with Gasteiger partial charge < -0.3 is 14.3 Å². The first kappa shape index (κ1) is 20.5. The third kappa shape index (κ3) is 3.84. The predicted octanol–water partition coefficient (Wildman–Crippen LogP) is 3.23. The number of carbonyl (C=O) groups is 1. The summed E-state index contributed by atoms with van der Waals surface area (Å²) in [7, 11) is -2.52. The molecule has 31 heavy (non-hydrogen) atoms. The van der Waals surface area contributed by atoms with E-state index in [1.165, 1.54) is 48.0 Å². The van der Waals surface area contributed by atoms with Crippen LogP contribution in [0.4, 0.5) is 5.82 Å². The molecule has 0 bridgehead atoms. The van der Waals surface area contributed by atoms with E-state index in [4.69, 9.17) is 4.18 Å². The smallest absolute Gasteiger partial charge is 0.342 e. The minimum absolute atomic E-state index is 0.0339. The standard InChI is InChI=1S/C21H17N3O6S/c1-13-3-6-17(7-4-13)31(28,29)30-16-5-8-18-14(10-16)9-15(21(18)25)11-19-22-12-20(23(19)2)24(26)27/h3-8,10-12H,9H2,1-2H3/b15-11+. The van der Waals surface area contributed by atoms with Crippen LogP contribution in [0.25, 0.3) is 6.08 Å². The van der Waals surface area contributed by atoms with Crippen molar-refractivity contribution in [1.82, 2.24) is 9.55 Å². The summed E-state index contributed by atoms with van der Waals surface area (Å²) in [5.41, 5.74) is 2.36. The SMILES string of the molecule is Cc1ccc(S(=O)(=O)Oc2ccc3c(c2)C/C(=C\c2ncc([N+](=O)[O-])n2C)C3=O)cc1. The molecule has 0 radical (unpaired) electrons.